The van der Waals surface area contributed by atoms with Crippen LogP contribution in [-0.2, 0) is 7.05 Å². The van der Waals surface area contributed by atoms with Crippen LogP contribution in [0.15, 0.2) is 30.5 Å². The first-order valence-electron chi connectivity index (χ1n) is 4.22. The summed E-state index contributed by atoms with van der Waals surface area (Å²) in [5, 5.41) is 4.19. The van der Waals surface area contributed by atoms with Gasteiger partial charge in [0.2, 0.25) is 0 Å². The normalized spacial score (nSPS) is 10.1. The molecule has 14 heavy (non-hydrogen) atoms. The van der Waals surface area contributed by atoms with Gasteiger partial charge in [-0.25, -0.2) is 4.98 Å². The topological polar surface area (TPSA) is 47.8 Å². The van der Waals surface area contributed by atoms with Crippen LogP contribution in [0.1, 0.15) is 10.5 Å². The molecule has 0 amide bonds. The van der Waals surface area contributed by atoms with E-state index in [9.17, 15) is 4.79 Å². The number of carbonyl (C=O) groups excluding carboxylic acids is 1. The van der Waals surface area contributed by atoms with E-state index in [2.05, 4.69) is 10.1 Å². The molecule has 0 atom stereocenters. The van der Waals surface area contributed by atoms with E-state index >= 15 is 0 Å². The summed E-state index contributed by atoms with van der Waals surface area (Å²) >= 11 is 0. The van der Waals surface area contributed by atoms with Crippen LogP contribution in [0, 0.1) is 0 Å². The number of rotatable bonds is 2. The zero-order valence-electron chi connectivity index (χ0n) is 7.71. The molecule has 0 radical (unpaired) electrons. The molecule has 0 aliphatic heterocycles. The van der Waals surface area contributed by atoms with E-state index in [-0.39, 0.29) is 0 Å². The second-order valence-corrected chi connectivity index (χ2v) is 2.94. The van der Waals surface area contributed by atoms with E-state index in [1.807, 2.05) is 25.4 Å². The summed E-state index contributed by atoms with van der Waals surface area (Å²) in [6.45, 7) is 0. The van der Waals surface area contributed by atoms with E-state index in [0.29, 0.717) is 5.69 Å². The molecule has 0 aromatic carbocycles. The van der Waals surface area contributed by atoms with Gasteiger partial charge in [-0.2, -0.15) is 5.10 Å². The smallest absolute Gasteiger partial charge is 0.168 e. The van der Waals surface area contributed by atoms with Crippen molar-refractivity contribution in [2.75, 3.05) is 0 Å². The Morgan fingerprint density at radius 3 is 2.79 bits per heavy atom. The Labute approximate surface area is 81.2 Å². The predicted molar refractivity (Wildman–Crippen MR) is 51.8 cm³/mol. The summed E-state index contributed by atoms with van der Waals surface area (Å²) in [4.78, 5) is 14.6. The third-order valence-corrected chi connectivity index (χ3v) is 1.87. The summed E-state index contributed by atoms with van der Waals surface area (Å²) < 4.78 is 1.70. The van der Waals surface area contributed by atoms with E-state index < -0.39 is 0 Å². The molecular formula is C10H9N3O. The molecule has 0 spiro atoms. The van der Waals surface area contributed by atoms with Crippen molar-refractivity contribution in [3.8, 4) is 11.4 Å². The van der Waals surface area contributed by atoms with Crippen molar-refractivity contribution in [1.29, 1.82) is 0 Å². The summed E-state index contributed by atoms with van der Waals surface area (Å²) in [6.07, 6.45) is 2.57. The van der Waals surface area contributed by atoms with Crippen LogP contribution in [0.25, 0.3) is 11.4 Å². The molecule has 0 fully saturated rings. The minimum Gasteiger partial charge on any atom is -0.296 e. The fourth-order valence-electron chi connectivity index (χ4n) is 1.21. The third kappa shape index (κ3) is 1.54. The van der Waals surface area contributed by atoms with Crippen LogP contribution < -0.4 is 0 Å². The zero-order chi connectivity index (χ0) is 9.97. The Morgan fingerprint density at radius 1 is 1.29 bits per heavy atom. The molecule has 2 aromatic heterocycles. The molecule has 0 N–H and O–H groups in total. The molecule has 0 aliphatic carbocycles. The van der Waals surface area contributed by atoms with Gasteiger partial charge in [-0.05, 0) is 18.2 Å². The van der Waals surface area contributed by atoms with Crippen LogP contribution in [0.5, 0.6) is 0 Å². The summed E-state index contributed by atoms with van der Waals surface area (Å²) in [5.74, 6) is 0. The molecule has 4 nitrogen and oxygen atoms in total. The second kappa shape index (κ2) is 3.41. The Hall–Kier alpha value is -1.97. The average Bonchev–Trinajstić information content (AvgIpc) is 2.65. The fraction of sp³-hybridized carbons (Fsp3) is 0.100. The number of aldehydes is 1. The first-order chi connectivity index (χ1) is 6.79. The highest BCUT2D eigenvalue weighted by Crippen LogP contribution is 2.13. The Kier molecular flexibility index (Phi) is 2.10. The summed E-state index contributed by atoms with van der Waals surface area (Å²) in [6, 6.07) is 7.15. The van der Waals surface area contributed by atoms with Crippen molar-refractivity contribution in [2.24, 2.45) is 7.05 Å². The van der Waals surface area contributed by atoms with Crippen LogP contribution in [0.3, 0.4) is 0 Å². The number of aromatic nitrogens is 3. The minimum atomic E-state index is 0.424. The molecule has 0 unspecified atom stereocenters. The van der Waals surface area contributed by atoms with Crippen molar-refractivity contribution in [1.82, 2.24) is 14.8 Å². The maximum absolute atomic E-state index is 10.5. The quantitative estimate of drug-likeness (QED) is 0.665. The molecule has 0 aliphatic rings. The lowest BCUT2D eigenvalue weighted by Gasteiger charge is -1.95. The molecule has 2 aromatic rings. The maximum atomic E-state index is 10.5. The largest absolute Gasteiger partial charge is 0.296 e. The number of carbonyl (C=O) groups is 1. The molecule has 0 saturated carbocycles. The van der Waals surface area contributed by atoms with Gasteiger partial charge in [0.15, 0.2) is 6.29 Å². The predicted octanol–water partition coefficient (Wildman–Crippen LogP) is 1.29. The molecule has 0 saturated heterocycles. The molecule has 4 heteroatoms. The lowest BCUT2D eigenvalue weighted by Crippen LogP contribution is -1.92. The van der Waals surface area contributed by atoms with Crippen molar-refractivity contribution in [3.63, 3.8) is 0 Å². The van der Waals surface area contributed by atoms with E-state index in [1.54, 1.807) is 16.8 Å². The van der Waals surface area contributed by atoms with Crippen LogP contribution in [0.2, 0.25) is 0 Å². The van der Waals surface area contributed by atoms with Gasteiger partial charge in [0.25, 0.3) is 0 Å². The van der Waals surface area contributed by atoms with Gasteiger partial charge >= 0.3 is 0 Å². The standard InChI is InChI=1S/C10H9N3O/c1-13-6-5-10(12-13)9-4-2-3-8(7-14)11-9/h2-7H,1H3. The molecule has 0 bridgehead atoms. The van der Waals surface area contributed by atoms with Crippen molar-refractivity contribution >= 4 is 6.29 Å². The van der Waals surface area contributed by atoms with Gasteiger partial charge in [0.1, 0.15) is 11.4 Å². The molecule has 70 valence electrons. The monoisotopic (exact) mass is 187 g/mol. The highest BCUT2D eigenvalue weighted by Gasteiger charge is 2.02. The van der Waals surface area contributed by atoms with E-state index in [4.69, 9.17) is 0 Å². The van der Waals surface area contributed by atoms with E-state index in [1.165, 1.54) is 0 Å². The average molecular weight is 187 g/mol. The molecule has 2 rings (SSSR count). The zero-order valence-corrected chi connectivity index (χ0v) is 7.71. The molecular weight excluding hydrogens is 178 g/mol. The Bertz CT molecular complexity index is 462. The highest BCUT2D eigenvalue weighted by atomic mass is 16.1. The van der Waals surface area contributed by atoms with E-state index in [0.717, 1.165) is 17.7 Å². The van der Waals surface area contributed by atoms with Crippen molar-refractivity contribution < 1.29 is 4.79 Å². The van der Waals surface area contributed by atoms with Crippen LogP contribution in [0.4, 0.5) is 0 Å². The highest BCUT2D eigenvalue weighted by molar-refractivity contribution is 5.73. The number of hydrogen-bond acceptors (Lipinski definition) is 3. The number of pyridine rings is 1. The Balaban J connectivity index is 2.46. The number of nitrogens with zero attached hydrogens (tertiary/aromatic N) is 3. The minimum absolute atomic E-state index is 0.424. The van der Waals surface area contributed by atoms with Crippen LogP contribution in [-0.4, -0.2) is 21.1 Å². The fourth-order valence-corrected chi connectivity index (χ4v) is 1.21. The van der Waals surface area contributed by atoms with Gasteiger partial charge in [0.05, 0.1) is 5.69 Å². The SMILES string of the molecule is Cn1ccc(-c2cccc(C=O)n2)n1. The lowest BCUT2D eigenvalue weighted by molar-refractivity contribution is 0.111. The van der Waals surface area contributed by atoms with Gasteiger partial charge in [0, 0.05) is 13.2 Å². The van der Waals surface area contributed by atoms with Crippen LogP contribution >= 0.6 is 0 Å². The van der Waals surface area contributed by atoms with Gasteiger partial charge in [-0.1, -0.05) is 6.07 Å². The maximum Gasteiger partial charge on any atom is 0.168 e. The third-order valence-electron chi connectivity index (χ3n) is 1.87. The molecule has 2 heterocycles. The number of aryl methyl sites for hydroxylation is 1. The van der Waals surface area contributed by atoms with Crippen molar-refractivity contribution in [3.05, 3.63) is 36.2 Å². The summed E-state index contributed by atoms with van der Waals surface area (Å²) in [5.41, 5.74) is 1.92. The lowest BCUT2D eigenvalue weighted by atomic mass is 10.2. The van der Waals surface area contributed by atoms with Gasteiger partial charge in [-0.3, -0.25) is 9.48 Å². The number of hydrogen-bond donors (Lipinski definition) is 0. The summed E-state index contributed by atoms with van der Waals surface area (Å²) in [7, 11) is 1.84. The van der Waals surface area contributed by atoms with Gasteiger partial charge < -0.3 is 0 Å². The van der Waals surface area contributed by atoms with Crippen molar-refractivity contribution in [2.45, 2.75) is 0 Å². The Morgan fingerprint density at radius 2 is 2.14 bits per heavy atom. The van der Waals surface area contributed by atoms with Gasteiger partial charge in [-0.15, -0.1) is 0 Å². The second-order valence-electron chi connectivity index (χ2n) is 2.94. The first-order valence-corrected chi connectivity index (χ1v) is 4.22. The first kappa shape index (κ1) is 8.62.